The molecule has 0 rings (SSSR count). The Labute approximate surface area is 123 Å². The molecular weight excluding hydrogens is 278 g/mol. The van der Waals surface area contributed by atoms with Crippen molar-refractivity contribution in [2.24, 2.45) is 5.92 Å². The van der Waals surface area contributed by atoms with E-state index in [-0.39, 0.29) is 12.5 Å². The van der Waals surface area contributed by atoms with Crippen LogP contribution in [0.4, 0.5) is 0 Å². The fourth-order valence-corrected chi connectivity index (χ4v) is 2.39. The van der Waals surface area contributed by atoms with E-state index in [1.54, 1.807) is 0 Å². The van der Waals surface area contributed by atoms with Crippen molar-refractivity contribution >= 4 is 15.9 Å². The number of rotatable bonds is 10. The lowest BCUT2D eigenvalue weighted by molar-refractivity contribution is -0.121. The van der Waals surface area contributed by atoms with E-state index in [9.17, 15) is 13.2 Å². The van der Waals surface area contributed by atoms with E-state index in [0.29, 0.717) is 19.0 Å². The SMILES string of the molecule is CC(C)CCN(CC(=O)NCCCN(C)C)S(C)(=O)=O. The monoisotopic (exact) mass is 307 g/mol. The van der Waals surface area contributed by atoms with Crippen LogP contribution in [0.2, 0.25) is 0 Å². The predicted octanol–water partition coefficient (Wildman–Crippen LogP) is 0.362. The van der Waals surface area contributed by atoms with Gasteiger partial charge in [0.2, 0.25) is 15.9 Å². The van der Waals surface area contributed by atoms with Gasteiger partial charge in [0.15, 0.2) is 0 Å². The number of sulfonamides is 1. The van der Waals surface area contributed by atoms with Crippen LogP contribution in [0.3, 0.4) is 0 Å². The van der Waals surface area contributed by atoms with Gasteiger partial charge in [-0.05, 0) is 39.4 Å². The zero-order chi connectivity index (χ0) is 15.8. The maximum absolute atomic E-state index is 11.8. The molecule has 20 heavy (non-hydrogen) atoms. The third-order valence-electron chi connectivity index (χ3n) is 2.85. The summed E-state index contributed by atoms with van der Waals surface area (Å²) in [5.41, 5.74) is 0. The molecule has 0 aromatic carbocycles. The number of carbonyl (C=O) groups is 1. The van der Waals surface area contributed by atoms with Crippen LogP contribution in [-0.2, 0) is 14.8 Å². The second-order valence-corrected chi connectivity index (χ2v) is 7.77. The highest BCUT2D eigenvalue weighted by atomic mass is 32.2. The van der Waals surface area contributed by atoms with Gasteiger partial charge in [0.1, 0.15) is 0 Å². The zero-order valence-corrected chi connectivity index (χ0v) is 14.2. The van der Waals surface area contributed by atoms with Crippen LogP contribution in [-0.4, -0.2) is 70.1 Å². The first-order valence-electron chi connectivity index (χ1n) is 6.99. The van der Waals surface area contributed by atoms with Crippen molar-refractivity contribution in [3.8, 4) is 0 Å². The van der Waals surface area contributed by atoms with Crippen molar-refractivity contribution in [2.75, 3.05) is 46.5 Å². The molecule has 120 valence electrons. The minimum atomic E-state index is -3.34. The van der Waals surface area contributed by atoms with Gasteiger partial charge in [-0.2, -0.15) is 4.31 Å². The van der Waals surface area contributed by atoms with Crippen molar-refractivity contribution < 1.29 is 13.2 Å². The van der Waals surface area contributed by atoms with Crippen LogP contribution in [0, 0.1) is 5.92 Å². The van der Waals surface area contributed by atoms with Gasteiger partial charge in [-0.3, -0.25) is 4.79 Å². The minimum absolute atomic E-state index is 0.0898. The van der Waals surface area contributed by atoms with Gasteiger partial charge in [-0.25, -0.2) is 8.42 Å². The molecule has 0 aliphatic rings. The van der Waals surface area contributed by atoms with E-state index in [4.69, 9.17) is 0 Å². The number of carbonyl (C=O) groups excluding carboxylic acids is 1. The lowest BCUT2D eigenvalue weighted by Crippen LogP contribution is -2.41. The van der Waals surface area contributed by atoms with Gasteiger partial charge >= 0.3 is 0 Å². The molecule has 7 heteroatoms. The van der Waals surface area contributed by atoms with Crippen LogP contribution >= 0.6 is 0 Å². The van der Waals surface area contributed by atoms with Gasteiger partial charge < -0.3 is 10.2 Å². The van der Waals surface area contributed by atoms with Gasteiger partial charge in [-0.15, -0.1) is 0 Å². The molecule has 0 heterocycles. The van der Waals surface area contributed by atoms with Crippen LogP contribution in [0.25, 0.3) is 0 Å². The third-order valence-corrected chi connectivity index (χ3v) is 4.10. The summed E-state index contributed by atoms with van der Waals surface area (Å²) in [6.45, 7) is 5.82. The van der Waals surface area contributed by atoms with Crippen LogP contribution in [0.1, 0.15) is 26.7 Å². The molecule has 0 unspecified atom stereocenters. The summed E-state index contributed by atoms with van der Waals surface area (Å²) in [5.74, 6) is 0.167. The molecule has 6 nitrogen and oxygen atoms in total. The summed E-state index contributed by atoms with van der Waals surface area (Å²) < 4.78 is 24.5. The Morgan fingerprint density at radius 1 is 1.20 bits per heavy atom. The Kier molecular flexibility index (Phi) is 9.00. The predicted molar refractivity (Wildman–Crippen MR) is 82.1 cm³/mol. The number of hydrogen-bond donors (Lipinski definition) is 1. The highest BCUT2D eigenvalue weighted by Gasteiger charge is 2.19. The smallest absolute Gasteiger partial charge is 0.235 e. The minimum Gasteiger partial charge on any atom is -0.355 e. The number of nitrogens with one attached hydrogen (secondary N) is 1. The molecule has 0 atom stereocenters. The molecule has 1 amide bonds. The van der Waals surface area contributed by atoms with E-state index < -0.39 is 10.0 Å². The zero-order valence-electron chi connectivity index (χ0n) is 13.3. The number of hydrogen-bond acceptors (Lipinski definition) is 4. The first-order valence-corrected chi connectivity index (χ1v) is 8.84. The van der Waals surface area contributed by atoms with Gasteiger partial charge in [0, 0.05) is 13.1 Å². The van der Waals surface area contributed by atoms with Crippen molar-refractivity contribution in [3.05, 3.63) is 0 Å². The van der Waals surface area contributed by atoms with Gasteiger partial charge in [0.05, 0.1) is 12.8 Å². The highest BCUT2D eigenvalue weighted by Crippen LogP contribution is 2.05. The summed E-state index contributed by atoms with van der Waals surface area (Å²) in [7, 11) is 0.607. The lowest BCUT2D eigenvalue weighted by Gasteiger charge is -2.20. The Morgan fingerprint density at radius 2 is 1.80 bits per heavy atom. The fraction of sp³-hybridized carbons (Fsp3) is 0.923. The molecule has 1 N–H and O–H groups in total. The molecule has 0 aliphatic carbocycles. The third kappa shape index (κ3) is 10.2. The summed E-state index contributed by atoms with van der Waals surface area (Å²) in [5, 5.41) is 2.76. The summed E-state index contributed by atoms with van der Waals surface area (Å²) >= 11 is 0. The number of amides is 1. The highest BCUT2D eigenvalue weighted by molar-refractivity contribution is 7.88. The van der Waals surface area contributed by atoms with E-state index >= 15 is 0 Å². The Morgan fingerprint density at radius 3 is 2.25 bits per heavy atom. The van der Waals surface area contributed by atoms with Crippen molar-refractivity contribution in [1.29, 1.82) is 0 Å². The fourth-order valence-electron chi connectivity index (χ4n) is 1.60. The molecule has 0 aromatic heterocycles. The second-order valence-electron chi connectivity index (χ2n) is 5.79. The molecule has 0 saturated carbocycles. The van der Waals surface area contributed by atoms with Crippen molar-refractivity contribution in [1.82, 2.24) is 14.5 Å². The molecular formula is C13H29N3O3S. The van der Waals surface area contributed by atoms with Crippen LogP contribution < -0.4 is 5.32 Å². The molecule has 0 bridgehead atoms. The topological polar surface area (TPSA) is 69.7 Å². The van der Waals surface area contributed by atoms with E-state index in [1.165, 1.54) is 4.31 Å². The quantitative estimate of drug-likeness (QED) is 0.592. The maximum Gasteiger partial charge on any atom is 0.235 e. The van der Waals surface area contributed by atoms with E-state index in [2.05, 4.69) is 5.32 Å². The average Bonchev–Trinajstić information content (AvgIpc) is 2.28. The molecule has 0 aromatic rings. The normalized spacial score (nSPS) is 12.4. The van der Waals surface area contributed by atoms with Crippen LogP contribution in [0.5, 0.6) is 0 Å². The molecule has 0 saturated heterocycles. The standard InChI is InChI=1S/C13H29N3O3S/c1-12(2)7-10-16(20(5,18)19)11-13(17)14-8-6-9-15(3)4/h12H,6-11H2,1-5H3,(H,14,17). The second kappa shape index (κ2) is 9.31. The van der Waals surface area contributed by atoms with Gasteiger partial charge in [0.25, 0.3) is 0 Å². The number of nitrogens with zero attached hydrogens (tertiary/aromatic N) is 2. The molecule has 0 radical (unpaired) electrons. The summed E-state index contributed by atoms with van der Waals surface area (Å²) in [4.78, 5) is 13.8. The summed E-state index contributed by atoms with van der Waals surface area (Å²) in [6, 6.07) is 0. The van der Waals surface area contributed by atoms with Crippen molar-refractivity contribution in [2.45, 2.75) is 26.7 Å². The van der Waals surface area contributed by atoms with Gasteiger partial charge in [-0.1, -0.05) is 13.8 Å². The lowest BCUT2D eigenvalue weighted by atomic mass is 10.1. The first kappa shape index (κ1) is 19.3. The van der Waals surface area contributed by atoms with Crippen LogP contribution in [0.15, 0.2) is 0 Å². The molecule has 0 aliphatic heterocycles. The molecule has 0 fully saturated rings. The van der Waals surface area contributed by atoms with Crippen molar-refractivity contribution in [3.63, 3.8) is 0 Å². The Bertz CT molecular complexity index is 380. The summed E-state index contributed by atoms with van der Waals surface area (Å²) in [6.07, 6.45) is 2.75. The van der Waals surface area contributed by atoms with E-state index in [1.807, 2.05) is 32.8 Å². The first-order chi connectivity index (χ1) is 9.12. The maximum atomic E-state index is 11.8. The van der Waals surface area contributed by atoms with E-state index in [0.717, 1.165) is 25.6 Å². The Hall–Kier alpha value is -0.660. The largest absolute Gasteiger partial charge is 0.355 e. The molecule has 0 spiro atoms. The Balaban J connectivity index is 4.20. The average molecular weight is 307 g/mol.